The summed E-state index contributed by atoms with van der Waals surface area (Å²) in [5.41, 5.74) is 3.75. The zero-order chi connectivity index (χ0) is 23.6. The molecule has 6 heteroatoms. The molecular formula is C27H36N2O4. The molecule has 2 aromatic rings. The first-order valence-corrected chi connectivity index (χ1v) is 12.0. The van der Waals surface area contributed by atoms with Gasteiger partial charge in [-0.25, -0.2) is 9.59 Å². The average molecular weight is 453 g/mol. The topological polar surface area (TPSA) is 78.9 Å². The molecule has 2 amide bonds. The first-order valence-electron chi connectivity index (χ1n) is 12.0. The van der Waals surface area contributed by atoms with Gasteiger partial charge in [0.15, 0.2) is 6.10 Å². The molecule has 1 unspecified atom stereocenters. The van der Waals surface area contributed by atoms with E-state index in [1.807, 2.05) is 48.5 Å². The van der Waals surface area contributed by atoms with Crippen LogP contribution in [0.2, 0.25) is 0 Å². The van der Waals surface area contributed by atoms with E-state index in [-0.39, 0.29) is 6.03 Å². The number of anilines is 1. The highest BCUT2D eigenvalue weighted by atomic mass is 16.5. The van der Waals surface area contributed by atoms with Gasteiger partial charge in [-0.1, -0.05) is 68.5 Å². The van der Waals surface area contributed by atoms with Crippen molar-refractivity contribution in [2.75, 3.05) is 25.1 Å². The van der Waals surface area contributed by atoms with Crippen LogP contribution in [0.1, 0.15) is 51.0 Å². The summed E-state index contributed by atoms with van der Waals surface area (Å²) >= 11 is 0. The van der Waals surface area contributed by atoms with Crippen LogP contribution in [0, 0.1) is 5.92 Å². The maximum atomic E-state index is 12.6. The first-order chi connectivity index (χ1) is 16.0. The number of ether oxygens (including phenoxy) is 1. The summed E-state index contributed by atoms with van der Waals surface area (Å²) in [6.45, 7) is 2.87. The highest BCUT2D eigenvalue weighted by molar-refractivity contribution is 5.92. The number of hydrogen-bond donors (Lipinski definition) is 2. The fraction of sp³-hybridized carbons (Fsp3) is 0.481. The predicted molar refractivity (Wildman–Crippen MR) is 132 cm³/mol. The molecule has 178 valence electrons. The second kappa shape index (κ2) is 12.4. The predicted octanol–water partition coefficient (Wildman–Crippen LogP) is 5.50. The van der Waals surface area contributed by atoms with Gasteiger partial charge in [0.1, 0.15) is 0 Å². The molecule has 3 rings (SSSR count). The lowest BCUT2D eigenvalue weighted by Crippen LogP contribution is -2.38. The fourth-order valence-electron chi connectivity index (χ4n) is 4.46. The van der Waals surface area contributed by atoms with Crippen molar-refractivity contribution in [2.45, 2.75) is 58.0 Å². The zero-order valence-corrected chi connectivity index (χ0v) is 19.8. The van der Waals surface area contributed by atoms with Gasteiger partial charge in [-0.15, -0.1) is 0 Å². The van der Waals surface area contributed by atoms with Gasteiger partial charge in [0, 0.05) is 32.3 Å². The first kappa shape index (κ1) is 24.8. The summed E-state index contributed by atoms with van der Waals surface area (Å²) in [7, 11) is 1.79. The molecule has 2 aromatic carbocycles. The Hall–Kier alpha value is -2.86. The van der Waals surface area contributed by atoms with Gasteiger partial charge in [-0.3, -0.25) is 4.90 Å². The molecule has 0 spiro atoms. The van der Waals surface area contributed by atoms with Crippen LogP contribution in [0.25, 0.3) is 11.1 Å². The SMILES string of the molecule is CCOC(Cc1ccc(-c2cccc(N(C)C(=O)NCCC3CCCCC3)c2)cc1)C(=O)O. The Morgan fingerprint density at radius 1 is 1.09 bits per heavy atom. The van der Waals surface area contributed by atoms with Gasteiger partial charge >= 0.3 is 12.0 Å². The van der Waals surface area contributed by atoms with Crippen LogP contribution < -0.4 is 10.2 Å². The molecule has 1 fully saturated rings. The molecule has 0 aromatic heterocycles. The van der Waals surface area contributed by atoms with Crippen molar-refractivity contribution in [3.05, 3.63) is 54.1 Å². The summed E-state index contributed by atoms with van der Waals surface area (Å²) in [4.78, 5) is 25.6. The van der Waals surface area contributed by atoms with Crippen LogP contribution in [0.3, 0.4) is 0 Å². The molecule has 1 aliphatic rings. The van der Waals surface area contributed by atoms with Crippen LogP contribution >= 0.6 is 0 Å². The molecule has 6 nitrogen and oxygen atoms in total. The largest absolute Gasteiger partial charge is 0.479 e. The van der Waals surface area contributed by atoms with Crippen molar-refractivity contribution in [3.8, 4) is 11.1 Å². The number of rotatable bonds is 10. The number of benzene rings is 2. The maximum Gasteiger partial charge on any atom is 0.333 e. The number of hydrogen-bond acceptors (Lipinski definition) is 3. The van der Waals surface area contributed by atoms with Gasteiger partial charge < -0.3 is 15.2 Å². The van der Waals surface area contributed by atoms with Crippen molar-refractivity contribution in [3.63, 3.8) is 0 Å². The van der Waals surface area contributed by atoms with E-state index >= 15 is 0 Å². The van der Waals surface area contributed by atoms with Crippen molar-refractivity contribution < 1.29 is 19.4 Å². The number of carbonyl (C=O) groups is 2. The lowest BCUT2D eigenvalue weighted by molar-refractivity contribution is -0.149. The van der Waals surface area contributed by atoms with E-state index in [1.54, 1.807) is 18.9 Å². The van der Waals surface area contributed by atoms with Gasteiger partial charge in [0.25, 0.3) is 0 Å². The van der Waals surface area contributed by atoms with E-state index in [1.165, 1.54) is 32.1 Å². The third kappa shape index (κ3) is 7.32. The lowest BCUT2D eigenvalue weighted by atomic mass is 9.87. The van der Waals surface area contributed by atoms with Crippen molar-refractivity contribution in [2.24, 2.45) is 5.92 Å². The molecule has 0 aliphatic heterocycles. The van der Waals surface area contributed by atoms with E-state index in [0.717, 1.165) is 34.7 Å². The minimum atomic E-state index is -0.950. The molecule has 1 atom stereocenters. The molecule has 33 heavy (non-hydrogen) atoms. The fourth-order valence-corrected chi connectivity index (χ4v) is 4.46. The highest BCUT2D eigenvalue weighted by Gasteiger charge is 2.18. The van der Waals surface area contributed by atoms with Crippen LogP contribution in [0.5, 0.6) is 0 Å². The Balaban J connectivity index is 1.58. The van der Waals surface area contributed by atoms with Crippen molar-refractivity contribution in [1.82, 2.24) is 5.32 Å². The molecule has 0 saturated heterocycles. The Morgan fingerprint density at radius 3 is 2.48 bits per heavy atom. The number of amides is 2. The smallest absolute Gasteiger partial charge is 0.333 e. The number of carbonyl (C=O) groups excluding carboxylic acids is 1. The molecule has 1 saturated carbocycles. The Morgan fingerprint density at radius 2 is 1.82 bits per heavy atom. The van der Waals surface area contributed by atoms with E-state index < -0.39 is 12.1 Å². The molecule has 2 N–H and O–H groups in total. The summed E-state index contributed by atoms with van der Waals surface area (Å²) in [5, 5.41) is 12.3. The van der Waals surface area contributed by atoms with E-state index in [4.69, 9.17) is 4.74 Å². The Kier molecular flexibility index (Phi) is 9.31. The minimum Gasteiger partial charge on any atom is -0.479 e. The molecular weight excluding hydrogens is 416 g/mol. The van der Waals surface area contributed by atoms with Crippen LogP contribution in [0.4, 0.5) is 10.5 Å². The minimum absolute atomic E-state index is 0.0889. The normalized spacial score (nSPS) is 15.1. The molecule has 0 heterocycles. The zero-order valence-electron chi connectivity index (χ0n) is 19.8. The average Bonchev–Trinajstić information content (AvgIpc) is 2.84. The third-order valence-electron chi connectivity index (χ3n) is 6.44. The number of nitrogens with one attached hydrogen (secondary N) is 1. The number of carboxylic acid groups (broad SMARTS) is 1. The lowest BCUT2D eigenvalue weighted by Gasteiger charge is -2.23. The van der Waals surface area contributed by atoms with E-state index in [9.17, 15) is 14.7 Å². The van der Waals surface area contributed by atoms with Gasteiger partial charge in [-0.05, 0) is 48.1 Å². The second-order valence-corrected chi connectivity index (χ2v) is 8.82. The van der Waals surface area contributed by atoms with Crippen LogP contribution in [0.15, 0.2) is 48.5 Å². The number of urea groups is 1. The van der Waals surface area contributed by atoms with Crippen LogP contribution in [-0.4, -0.2) is 43.4 Å². The number of nitrogens with zero attached hydrogens (tertiary/aromatic N) is 1. The van der Waals surface area contributed by atoms with Gasteiger partial charge in [-0.2, -0.15) is 0 Å². The molecule has 0 bridgehead atoms. The Labute approximate surface area is 196 Å². The quantitative estimate of drug-likeness (QED) is 0.499. The molecule has 1 aliphatic carbocycles. The summed E-state index contributed by atoms with van der Waals surface area (Å²) in [6, 6.07) is 15.6. The standard InChI is InChI=1S/C27H36N2O4/c1-3-33-25(26(30)31)18-21-12-14-22(15-13-21)23-10-7-11-24(19-23)29(2)27(32)28-17-16-20-8-5-4-6-9-20/h7,10-15,19-20,25H,3-6,8-9,16-18H2,1-2H3,(H,28,32)(H,30,31). The van der Waals surface area contributed by atoms with Gasteiger partial charge in [0.2, 0.25) is 0 Å². The maximum absolute atomic E-state index is 12.6. The van der Waals surface area contributed by atoms with Gasteiger partial charge in [0.05, 0.1) is 0 Å². The number of carboxylic acids is 1. The van der Waals surface area contributed by atoms with E-state index in [2.05, 4.69) is 5.32 Å². The van der Waals surface area contributed by atoms with Crippen LogP contribution in [-0.2, 0) is 16.0 Å². The van der Waals surface area contributed by atoms with Crippen molar-refractivity contribution >= 4 is 17.7 Å². The second-order valence-electron chi connectivity index (χ2n) is 8.82. The van der Waals surface area contributed by atoms with E-state index in [0.29, 0.717) is 19.6 Å². The Bertz CT molecular complexity index is 907. The molecule has 0 radical (unpaired) electrons. The third-order valence-corrected chi connectivity index (χ3v) is 6.44. The highest BCUT2D eigenvalue weighted by Crippen LogP contribution is 2.27. The summed E-state index contributed by atoms with van der Waals surface area (Å²) in [5.74, 6) is -0.205. The number of aliphatic carboxylic acids is 1. The summed E-state index contributed by atoms with van der Waals surface area (Å²) < 4.78 is 5.31. The van der Waals surface area contributed by atoms with Crippen molar-refractivity contribution in [1.29, 1.82) is 0 Å². The summed E-state index contributed by atoms with van der Waals surface area (Å²) in [6.07, 6.45) is 7.10. The monoisotopic (exact) mass is 452 g/mol.